The molecule has 2 unspecified atom stereocenters. The molecule has 30 heavy (non-hydrogen) atoms. The topological polar surface area (TPSA) is 111 Å². The number of esters is 1. The SMILES string of the molecule is CC(OC(=O)c1cccc(S(=O)(=O)NCC2CCCO2)c1)C(=O)Nc1ccccc1. The fourth-order valence-corrected chi connectivity index (χ4v) is 4.04. The molecule has 160 valence electrons. The predicted octanol–water partition coefficient (Wildman–Crippen LogP) is 2.33. The van der Waals surface area contributed by atoms with Crippen LogP contribution < -0.4 is 10.0 Å². The number of para-hydroxylation sites is 1. The van der Waals surface area contributed by atoms with Gasteiger partial charge >= 0.3 is 5.97 Å². The van der Waals surface area contributed by atoms with Crippen molar-refractivity contribution >= 4 is 27.6 Å². The second-order valence-electron chi connectivity index (χ2n) is 6.92. The summed E-state index contributed by atoms with van der Waals surface area (Å²) in [7, 11) is -3.81. The van der Waals surface area contributed by atoms with Crippen LogP contribution in [0.5, 0.6) is 0 Å². The minimum atomic E-state index is -3.81. The number of rotatable bonds is 8. The summed E-state index contributed by atoms with van der Waals surface area (Å²) in [4.78, 5) is 24.6. The van der Waals surface area contributed by atoms with E-state index in [-0.39, 0.29) is 23.1 Å². The van der Waals surface area contributed by atoms with Gasteiger partial charge in [0.1, 0.15) is 0 Å². The molecule has 1 saturated heterocycles. The summed E-state index contributed by atoms with van der Waals surface area (Å²) in [5, 5.41) is 2.64. The van der Waals surface area contributed by atoms with E-state index in [1.54, 1.807) is 24.3 Å². The predicted molar refractivity (Wildman–Crippen MR) is 111 cm³/mol. The molecule has 2 aromatic carbocycles. The first-order chi connectivity index (χ1) is 14.3. The van der Waals surface area contributed by atoms with Gasteiger partial charge in [-0.2, -0.15) is 0 Å². The molecule has 0 aromatic heterocycles. The van der Waals surface area contributed by atoms with E-state index in [4.69, 9.17) is 9.47 Å². The van der Waals surface area contributed by atoms with Gasteiger partial charge in [-0.25, -0.2) is 17.9 Å². The van der Waals surface area contributed by atoms with Crippen molar-refractivity contribution in [3.63, 3.8) is 0 Å². The van der Waals surface area contributed by atoms with Gasteiger partial charge in [0.15, 0.2) is 6.10 Å². The zero-order valence-corrected chi connectivity index (χ0v) is 17.4. The van der Waals surface area contributed by atoms with Crippen LogP contribution in [0.2, 0.25) is 0 Å². The van der Waals surface area contributed by atoms with Crippen molar-refractivity contribution in [3.8, 4) is 0 Å². The van der Waals surface area contributed by atoms with Crippen LogP contribution in [0.3, 0.4) is 0 Å². The molecule has 0 radical (unpaired) electrons. The number of nitrogens with one attached hydrogen (secondary N) is 2. The number of benzene rings is 2. The maximum atomic E-state index is 12.5. The molecule has 1 fully saturated rings. The van der Waals surface area contributed by atoms with Gasteiger partial charge in [0, 0.05) is 18.8 Å². The van der Waals surface area contributed by atoms with Gasteiger partial charge in [0.2, 0.25) is 10.0 Å². The van der Waals surface area contributed by atoms with Crippen LogP contribution in [0.1, 0.15) is 30.1 Å². The van der Waals surface area contributed by atoms with Crippen molar-refractivity contribution in [1.29, 1.82) is 0 Å². The Bertz CT molecular complexity index is 988. The number of carbonyl (C=O) groups excluding carboxylic acids is 2. The van der Waals surface area contributed by atoms with Crippen LogP contribution in [0.15, 0.2) is 59.5 Å². The third-order valence-corrected chi connectivity index (χ3v) is 6.02. The van der Waals surface area contributed by atoms with Crippen LogP contribution in [0.4, 0.5) is 5.69 Å². The molecule has 2 aromatic rings. The molecule has 1 aliphatic heterocycles. The van der Waals surface area contributed by atoms with E-state index >= 15 is 0 Å². The second-order valence-corrected chi connectivity index (χ2v) is 8.68. The molecule has 9 heteroatoms. The molecular weight excluding hydrogens is 408 g/mol. The third kappa shape index (κ3) is 5.88. The number of amides is 1. The van der Waals surface area contributed by atoms with Crippen LogP contribution in [0, 0.1) is 0 Å². The minimum absolute atomic E-state index is 0.0364. The van der Waals surface area contributed by atoms with Gasteiger partial charge in [-0.05, 0) is 50.1 Å². The van der Waals surface area contributed by atoms with Crippen molar-refractivity contribution in [3.05, 3.63) is 60.2 Å². The van der Waals surface area contributed by atoms with Crippen LogP contribution >= 0.6 is 0 Å². The summed E-state index contributed by atoms with van der Waals surface area (Å²) in [6.07, 6.45) is 0.509. The second kappa shape index (κ2) is 9.84. The fraction of sp³-hybridized carbons (Fsp3) is 0.333. The maximum Gasteiger partial charge on any atom is 0.338 e. The molecule has 0 aliphatic carbocycles. The van der Waals surface area contributed by atoms with Gasteiger partial charge in [0.25, 0.3) is 5.91 Å². The average Bonchev–Trinajstić information content (AvgIpc) is 3.27. The number of carbonyl (C=O) groups is 2. The molecule has 8 nitrogen and oxygen atoms in total. The summed E-state index contributed by atoms with van der Waals surface area (Å²) in [6.45, 7) is 2.25. The lowest BCUT2D eigenvalue weighted by Crippen LogP contribution is -2.32. The van der Waals surface area contributed by atoms with Gasteiger partial charge in [-0.15, -0.1) is 0 Å². The molecule has 0 saturated carbocycles. The monoisotopic (exact) mass is 432 g/mol. The van der Waals surface area contributed by atoms with Crippen molar-refractivity contribution in [2.45, 2.75) is 36.9 Å². The highest BCUT2D eigenvalue weighted by Crippen LogP contribution is 2.16. The fourth-order valence-electron chi connectivity index (χ4n) is 2.93. The normalized spacial score (nSPS) is 17.3. The summed E-state index contributed by atoms with van der Waals surface area (Å²) in [5.74, 6) is -1.28. The number of hydrogen-bond donors (Lipinski definition) is 2. The van der Waals surface area contributed by atoms with E-state index in [1.807, 2.05) is 6.07 Å². The lowest BCUT2D eigenvalue weighted by Gasteiger charge is -2.14. The number of hydrogen-bond acceptors (Lipinski definition) is 6. The molecule has 1 heterocycles. The molecule has 3 rings (SSSR count). The summed E-state index contributed by atoms with van der Waals surface area (Å²) in [5.41, 5.74) is 0.616. The Labute approximate surface area is 175 Å². The lowest BCUT2D eigenvalue weighted by atomic mass is 10.2. The number of anilines is 1. The highest BCUT2D eigenvalue weighted by atomic mass is 32.2. The zero-order valence-electron chi connectivity index (χ0n) is 16.5. The van der Waals surface area contributed by atoms with Crippen LogP contribution in [-0.4, -0.2) is 45.7 Å². The van der Waals surface area contributed by atoms with Gasteiger partial charge < -0.3 is 14.8 Å². The Morgan fingerprint density at radius 2 is 1.93 bits per heavy atom. The largest absolute Gasteiger partial charge is 0.449 e. The number of ether oxygens (including phenoxy) is 2. The third-order valence-electron chi connectivity index (χ3n) is 4.60. The maximum absolute atomic E-state index is 12.5. The quantitative estimate of drug-likeness (QED) is 0.620. The van der Waals surface area contributed by atoms with Crippen molar-refractivity contribution < 1.29 is 27.5 Å². The summed E-state index contributed by atoms with van der Waals surface area (Å²) in [6, 6.07) is 14.3. The molecule has 0 bridgehead atoms. The van der Waals surface area contributed by atoms with Crippen molar-refractivity contribution in [2.75, 3.05) is 18.5 Å². The summed E-state index contributed by atoms with van der Waals surface area (Å²) >= 11 is 0. The Morgan fingerprint density at radius 3 is 2.63 bits per heavy atom. The average molecular weight is 432 g/mol. The zero-order chi connectivity index (χ0) is 21.6. The highest BCUT2D eigenvalue weighted by Gasteiger charge is 2.23. The van der Waals surface area contributed by atoms with E-state index in [1.165, 1.54) is 31.2 Å². The standard InChI is InChI=1S/C21H24N2O6S/c1-15(20(24)23-17-8-3-2-4-9-17)29-21(25)16-7-5-11-19(13-16)30(26,27)22-14-18-10-6-12-28-18/h2-5,7-9,11,13,15,18,22H,6,10,12,14H2,1H3,(H,23,24). The Morgan fingerprint density at radius 1 is 1.17 bits per heavy atom. The van der Waals surface area contributed by atoms with E-state index in [0.29, 0.717) is 12.3 Å². The van der Waals surface area contributed by atoms with Crippen LogP contribution in [-0.2, 0) is 24.3 Å². The summed E-state index contributed by atoms with van der Waals surface area (Å²) < 4.78 is 38.1. The minimum Gasteiger partial charge on any atom is -0.449 e. The van der Waals surface area contributed by atoms with E-state index < -0.39 is 28.0 Å². The Hall–Kier alpha value is -2.75. The van der Waals surface area contributed by atoms with Gasteiger partial charge in [0.05, 0.1) is 16.6 Å². The molecular formula is C21H24N2O6S. The lowest BCUT2D eigenvalue weighted by molar-refractivity contribution is -0.123. The smallest absolute Gasteiger partial charge is 0.338 e. The molecule has 2 N–H and O–H groups in total. The van der Waals surface area contributed by atoms with Crippen molar-refractivity contribution in [2.24, 2.45) is 0 Å². The molecule has 0 spiro atoms. The molecule has 1 amide bonds. The van der Waals surface area contributed by atoms with Gasteiger partial charge in [-0.3, -0.25) is 4.79 Å². The van der Waals surface area contributed by atoms with E-state index in [9.17, 15) is 18.0 Å². The van der Waals surface area contributed by atoms with E-state index in [2.05, 4.69) is 10.0 Å². The van der Waals surface area contributed by atoms with E-state index in [0.717, 1.165) is 12.8 Å². The molecule has 2 atom stereocenters. The van der Waals surface area contributed by atoms with Crippen LogP contribution in [0.25, 0.3) is 0 Å². The first-order valence-electron chi connectivity index (χ1n) is 9.63. The molecule has 1 aliphatic rings. The number of sulfonamides is 1. The van der Waals surface area contributed by atoms with Crippen molar-refractivity contribution in [1.82, 2.24) is 4.72 Å². The van der Waals surface area contributed by atoms with Gasteiger partial charge in [-0.1, -0.05) is 24.3 Å². The Balaban J connectivity index is 1.61. The highest BCUT2D eigenvalue weighted by molar-refractivity contribution is 7.89. The first-order valence-corrected chi connectivity index (χ1v) is 11.1. The Kier molecular flexibility index (Phi) is 7.20. The first kappa shape index (κ1) is 21.9.